The fourth-order valence-electron chi connectivity index (χ4n) is 2.73. The fourth-order valence-corrected chi connectivity index (χ4v) is 4.11. The first-order valence-electron chi connectivity index (χ1n) is 8.53. The topological polar surface area (TPSA) is 69.2 Å². The molecule has 4 rings (SSSR count). The summed E-state index contributed by atoms with van der Waals surface area (Å²) in [6.45, 7) is 0.545. The van der Waals surface area contributed by atoms with Gasteiger partial charge in [0, 0.05) is 40.8 Å². The van der Waals surface area contributed by atoms with Crippen LogP contribution in [0.2, 0.25) is 0 Å². The molecular formula is C20H18N4O2S2. The Morgan fingerprint density at radius 1 is 1.00 bits per heavy atom. The molecule has 0 bridgehead atoms. The zero-order chi connectivity index (χ0) is 19.3. The van der Waals surface area contributed by atoms with Gasteiger partial charge in [-0.25, -0.2) is 15.0 Å². The summed E-state index contributed by atoms with van der Waals surface area (Å²) in [5.41, 5.74) is 2.83. The first-order chi connectivity index (χ1) is 13.8. The fraction of sp³-hybridized carbons (Fsp3) is 0.150. The van der Waals surface area contributed by atoms with Crippen LogP contribution in [0.5, 0.6) is 11.5 Å². The average Bonchev–Trinajstić information content (AvgIpc) is 3.46. The van der Waals surface area contributed by atoms with Crippen LogP contribution in [0, 0.1) is 0 Å². The van der Waals surface area contributed by atoms with Crippen LogP contribution in [0.3, 0.4) is 0 Å². The maximum absolute atomic E-state index is 5.33. The molecular weight excluding hydrogens is 392 g/mol. The van der Waals surface area contributed by atoms with Crippen molar-refractivity contribution >= 4 is 28.6 Å². The molecule has 3 heterocycles. The van der Waals surface area contributed by atoms with Crippen molar-refractivity contribution in [3.05, 3.63) is 59.0 Å². The Bertz CT molecular complexity index is 1030. The zero-order valence-electron chi connectivity index (χ0n) is 15.4. The van der Waals surface area contributed by atoms with Crippen LogP contribution >= 0.6 is 22.7 Å². The highest BCUT2D eigenvalue weighted by molar-refractivity contribution is 7.14. The lowest BCUT2D eigenvalue weighted by atomic mass is 10.2. The van der Waals surface area contributed by atoms with Crippen molar-refractivity contribution in [3.63, 3.8) is 0 Å². The highest BCUT2D eigenvalue weighted by Crippen LogP contribution is 2.34. The van der Waals surface area contributed by atoms with Gasteiger partial charge < -0.3 is 14.8 Å². The Hall–Kier alpha value is -2.97. The number of benzene rings is 1. The van der Waals surface area contributed by atoms with E-state index in [0.29, 0.717) is 12.5 Å². The Labute approximate surface area is 170 Å². The van der Waals surface area contributed by atoms with Crippen molar-refractivity contribution in [2.75, 3.05) is 19.5 Å². The molecule has 0 radical (unpaired) electrons. The summed E-state index contributed by atoms with van der Waals surface area (Å²) in [5, 5.41) is 8.15. The summed E-state index contributed by atoms with van der Waals surface area (Å²) in [4.78, 5) is 14.8. The Morgan fingerprint density at radius 2 is 1.82 bits per heavy atom. The Morgan fingerprint density at radius 3 is 2.46 bits per heavy atom. The minimum Gasteiger partial charge on any atom is -0.497 e. The largest absolute Gasteiger partial charge is 0.497 e. The number of hydrogen-bond acceptors (Lipinski definition) is 8. The van der Waals surface area contributed by atoms with Gasteiger partial charge in [-0.1, -0.05) is 6.07 Å². The van der Waals surface area contributed by atoms with Gasteiger partial charge in [-0.05, 0) is 29.1 Å². The van der Waals surface area contributed by atoms with Crippen LogP contribution in [0.1, 0.15) is 5.56 Å². The average molecular weight is 411 g/mol. The Kier molecular flexibility index (Phi) is 5.50. The number of thiophene rings is 1. The summed E-state index contributed by atoms with van der Waals surface area (Å²) in [6.07, 6.45) is 3.64. The quantitative estimate of drug-likeness (QED) is 0.464. The van der Waals surface area contributed by atoms with Crippen LogP contribution in [0.25, 0.3) is 21.1 Å². The van der Waals surface area contributed by atoms with Crippen LogP contribution in [0.15, 0.2) is 53.5 Å². The van der Waals surface area contributed by atoms with Gasteiger partial charge in [-0.15, -0.1) is 22.7 Å². The van der Waals surface area contributed by atoms with Gasteiger partial charge in [-0.3, -0.25) is 0 Å². The van der Waals surface area contributed by atoms with Gasteiger partial charge in [0.25, 0.3) is 0 Å². The predicted octanol–water partition coefficient (Wildman–Crippen LogP) is 4.96. The van der Waals surface area contributed by atoms with E-state index in [1.165, 1.54) is 0 Å². The van der Waals surface area contributed by atoms with Crippen LogP contribution in [0.4, 0.5) is 5.95 Å². The first kappa shape index (κ1) is 18.4. The number of hydrogen-bond donors (Lipinski definition) is 1. The van der Waals surface area contributed by atoms with E-state index in [2.05, 4.69) is 21.4 Å². The van der Waals surface area contributed by atoms with Gasteiger partial charge in [0.2, 0.25) is 5.95 Å². The van der Waals surface area contributed by atoms with E-state index in [9.17, 15) is 0 Å². The maximum atomic E-state index is 5.33. The number of anilines is 1. The second-order valence-electron chi connectivity index (χ2n) is 5.84. The predicted molar refractivity (Wildman–Crippen MR) is 113 cm³/mol. The molecule has 28 heavy (non-hydrogen) atoms. The van der Waals surface area contributed by atoms with E-state index in [4.69, 9.17) is 14.5 Å². The van der Waals surface area contributed by atoms with E-state index < -0.39 is 0 Å². The van der Waals surface area contributed by atoms with E-state index in [1.807, 2.05) is 41.2 Å². The molecule has 1 N–H and O–H groups in total. The number of aromatic nitrogens is 3. The molecule has 0 aliphatic heterocycles. The van der Waals surface area contributed by atoms with E-state index >= 15 is 0 Å². The molecule has 0 fully saturated rings. The lowest BCUT2D eigenvalue weighted by Crippen LogP contribution is -2.05. The highest BCUT2D eigenvalue weighted by atomic mass is 32.1. The molecule has 0 spiro atoms. The third-order valence-electron chi connectivity index (χ3n) is 4.07. The standard InChI is InChI=1S/C20H18N4O2S2/c1-25-14-8-13(9-15(10-14)26-2)11-22-20-23-12-16(17-4-3-6-27-17)18(24-20)19-21-5-7-28-19/h3-10,12H,11H2,1-2H3,(H,22,23,24). The van der Waals surface area contributed by atoms with Gasteiger partial charge in [-0.2, -0.15) is 0 Å². The smallest absolute Gasteiger partial charge is 0.223 e. The number of rotatable bonds is 7. The van der Waals surface area contributed by atoms with E-state index in [0.717, 1.165) is 38.2 Å². The van der Waals surface area contributed by atoms with Crippen molar-refractivity contribution < 1.29 is 9.47 Å². The zero-order valence-corrected chi connectivity index (χ0v) is 17.0. The molecule has 0 atom stereocenters. The first-order valence-corrected chi connectivity index (χ1v) is 10.3. The molecule has 0 amide bonds. The van der Waals surface area contributed by atoms with Crippen molar-refractivity contribution in [3.8, 4) is 32.6 Å². The van der Waals surface area contributed by atoms with E-state index in [-0.39, 0.29) is 0 Å². The maximum Gasteiger partial charge on any atom is 0.223 e. The number of thiazole rings is 1. The SMILES string of the molecule is COc1cc(CNc2ncc(-c3cccs3)c(-c3nccs3)n2)cc(OC)c1. The number of nitrogens with zero attached hydrogens (tertiary/aromatic N) is 3. The van der Waals surface area contributed by atoms with Gasteiger partial charge in [0.05, 0.1) is 14.2 Å². The molecule has 4 aromatic rings. The second kappa shape index (κ2) is 8.37. The van der Waals surface area contributed by atoms with Gasteiger partial charge >= 0.3 is 0 Å². The summed E-state index contributed by atoms with van der Waals surface area (Å²) in [6, 6.07) is 9.84. The minimum absolute atomic E-state index is 0.545. The molecule has 3 aromatic heterocycles. The molecule has 1 aromatic carbocycles. The number of ether oxygens (including phenoxy) is 2. The molecule has 0 unspecified atom stereocenters. The summed E-state index contributed by atoms with van der Waals surface area (Å²) in [5.74, 6) is 2.04. The molecule has 142 valence electrons. The summed E-state index contributed by atoms with van der Waals surface area (Å²) in [7, 11) is 3.28. The van der Waals surface area contributed by atoms with Crippen molar-refractivity contribution in [2.45, 2.75) is 6.54 Å². The lowest BCUT2D eigenvalue weighted by molar-refractivity contribution is 0.393. The highest BCUT2D eigenvalue weighted by Gasteiger charge is 2.14. The second-order valence-corrected chi connectivity index (χ2v) is 7.69. The van der Waals surface area contributed by atoms with Gasteiger partial charge in [0.1, 0.15) is 22.2 Å². The van der Waals surface area contributed by atoms with Crippen molar-refractivity contribution in [2.24, 2.45) is 0 Å². The lowest BCUT2D eigenvalue weighted by Gasteiger charge is -2.11. The Balaban J connectivity index is 1.62. The third kappa shape index (κ3) is 3.97. The normalized spacial score (nSPS) is 10.6. The molecule has 0 aliphatic rings. The van der Waals surface area contributed by atoms with Crippen LogP contribution in [-0.2, 0) is 6.54 Å². The van der Waals surface area contributed by atoms with Gasteiger partial charge in [0.15, 0.2) is 0 Å². The third-order valence-corrected chi connectivity index (χ3v) is 5.76. The molecule has 6 nitrogen and oxygen atoms in total. The van der Waals surface area contributed by atoms with Crippen LogP contribution in [-0.4, -0.2) is 29.2 Å². The molecule has 8 heteroatoms. The number of methoxy groups -OCH3 is 2. The number of nitrogens with one attached hydrogen (secondary N) is 1. The minimum atomic E-state index is 0.545. The monoisotopic (exact) mass is 410 g/mol. The van der Waals surface area contributed by atoms with Crippen molar-refractivity contribution in [1.29, 1.82) is 0 Å². The molecule has 0 aliphatic carbocycles. The molecule has 0 saturated heterocycles. The van der Waals surface area contributed by atoms with E-state index in [1.54, 1.807) is 43.1 Å². The van der Waals surface area contributed by atoms with Crippen LogP contribution < -0.4 is 14.8 Å². The summed E-state index contributed by atoms with van der Waals surface area (Å²) < 4.78 is 10.7. The summed E-state index contributed by atoms with van der Waals surface area (Å²) >= 11 is 3.22. The molecule has 0 saturated carbocycles. The van der Waals surface area contributed by atoms with Crippen molar-refractivity contribution in [1.82, 2.24) is 15.0 Å².